The zero-order chi connectivity index (χ0) is 13.9. The van der Waals surface area contributed by atoms with Gasteiger partial charge in [0.1, 0.15) is 11.6 Å². The molecule has 1 saturated heterocycles. The molecule has 0 saturated carbocycles. The summed E-state index contributed by atoms with van der Waals surface area (Å²) in [5, 5.41) is 5.85. The van der Waals surface area contributed by atoms with Gasteiger partial charge in [-0.25, -0.2) is 4.98 Å². The molecule has 1 fully saturated rings. The van der Waals surface area contributed by atoms with Crippen molar-refractivity contribution in [2.75, 3.05) is 31.6 Å². The van der Waals surface area contributed by atoms with Crippen LogP contribution in [0.4, 0.5) is 5.82 Å². The van der Waals surface area contributed by atoms with Crippen molar-refractivity contribution in [2.45, 2.75) is 19.4 Å². The third-order valence-corrected chi connectivity index (χ3v) is 4.05. The Balaban J connectivity index is 2.09. The highest BCUT2D eigenvalue weighted by Gasteiger charge is 2.23. The molecule has 106 valence electrons. The lowest BCUT2D eigenvalue weighted by molar-refractivity contribution is 0.415. The quantitative estimate of drug-likeness (QED) is 0.930. The number of anilines is 1. The maximum Gasteiger partial charge on any atom is 0.136 e. The zero-order valence-corrected chi connectivity index (χ0v) is 12.1. The van der Waals surface area contributed by atoms with E-state index in [1.807, 2.05) is 12.3 Å². The lowest BCUT2D eigenvalue weighted by Crippen LogP contribution is -2.51. The van der Waals surface area contributed by atoms with Crippen molar-refractivity contribution in [1.82, 2.24) is 10.3 Å². The van der Waals surface area contributed by atoms with E-state index >= 15 is 0 Å². The number of pyridine rings is 1. The van der Waals surface area contributed by atoms with Crippen LogP contribution in [0.25, 0.3) is 10.8 Å². The number of piperazine rings is 1. The van der Waals surface area contributed by atoms with Gasteiger partial charge in [-0.15, -0.1) is 0 Å². The number of ether oxygens (including phenoxy) is 1. The molecular weight excluding hydrogens is 250 g/mol. The number of hydrogen-bond acceptors (Lipinski definition) is 4. The maximum atomic E-state index is 5.36. The number of nitrogens with zero attached hydrogens (tertiary/aromatic N) is 2. The predicted octanol–water partition coefficient (Wildman–Crippen LogP) is 2.43. The highest BCUT2D eigenvalue weighted by atomic mass is 16.5. The van der Waals surface area contributed by atoms with Crippen molar-refractivity contribution in [3.8, 4) is 5.75 Å². The Morgan fingerprint density at radius 2 is 2.30 bits per heavy atom. The Hall–Kier alpha value is -1.81. The second-order valence-corrected chi connectivity index (χ2v) is 5.18. The van der Waals surface area contributed by atoms with Gasteiger partial charge in [-0.3, -0.25) is 0 Å². The van der Waals surface area contributed by atoms with Crippen molar-refractivity contribution in [2.24, 2.45) is 0 Å². The first-order valence-electron chi connectivity index (χ1n) is 7.23. The van der Waals surface area contributed by atoms with Gasteiger partial charge in [-0.2, -0.15) is 0 Å². The summed E-state index contributed by atoms with van der Waals surface area (Å²) < 4.78 is 5.36. The molecule has 1 aromatic carbocycles. The Kier molecular flexibility index (Phi) is 3.74. The molecule has 1 aliphatic heterocycles. The minimum atomic E-state index is 0.507. The van der Waals surface area contributed by atoms with Gasteiger partial charge in [0, 0.05) is 37.3 Å². The molecule has 1 unspecified atom stereocenters. The van der Waals surface area contributed by atoms with Crippen molar-refractivity contribution < 1.29 is 4.74 Å². The Bertz CT molecular complexity index is 599. The summed E-state index contributed by atoms with van der Waals surface area (Å²) in [7, 11) is 1.71. The molecule has 0 radical (unpaired) electrons. The number of hydrogen-bond donors (Lipinski definition) is 1. The summed E-state index contributed by atoms with van der Waals surface area (Å²) in [5.74, 6) is 1.96. The van der Waals surface area contributed by atoms with E-state index < -0.39 is 0 Å². The van der Waals surface area contributed by atoms with E-state index in [-0.39, 0.29) is 0 Å². The summed E-state index contributed by atoms with van der Waals surface area (Å²) in [4.78, 5) is 7.08. The molecule has 3 rings (SSSR count). The van der Waals surface area contributed by atoms with E-state index in [9.17, 15) is 0 Å². The summed E-state index contributed by atoms with van der Waals surface area (Å²) in [6.07, 6.45) is 3.02. The van der Waals surface area contributed by atoms with Crippen molar-refractivity contribution in [1.29, 1.82) is 0 Å². The maximum absolute atomic E-state index is 5.36. The van der Waals surface area contributed by atoms with Crippen LogP contribution in [0.1, 0.15) is 13.3 Å². The van der Waals surface area contributed by atoms with Gasteiger partial charge in [-0.1, -0.05) is 13.0 Å². The predicted molar refractivity (Wildman–Crippen MR) is 82.6 cm³/mol. The molecule has 0 spiro atoms. The van der Waals surface area contributed by atoms with Crippen LogP contribution in [0.2, 0.25) is 0 Å². The number of benzene rings is 1. The minimum absolute atomic E-state index is 0.507. The summed E-state index contributed by atoms with van der Waals surface area (Å²) in [6.45, 7) is 5.27. The van der Waals surface area contributed by atoms with Crippen LogP contribution >= 0.6 is 0 Å². The van der Waals surface area contributed by atoms with Crippen LogP contribution in [-0.4, -0.2) is 37.8 Å². The lowest BCUT2D eigenvalue weighted by atomic mass is 10.1. The fourth-order valence-electron chi connectivity index (χ4n) is 2.89. The van der Waals surface area contributed by atoms with Crippen LogP contribution in [0.15, 0.2) is 30.5 Å². The van der Waals surface area contributed by atoms with E-state index in [1.54, 1.807) is 7.11 Å². The van der Waals surface area contributed by atoms with E-state index in [2.05, 4.69) is 40.3 Å². The molecular formula is C16H21N3O. The monoisotopic (exact) mass is 271 g/mol. The first-order chi connectivity index (χ1) is 9.83. The molecule has 2 aromatic rings. The second-order valence-electron chi connectivity index (χ2n) is 5.18. The van der Waals surface area contributed by atoms with Gasteiger partial charge in [-0.05, 0) is 30.0 Å². The average Bonchev–Trinajstić information content (AvgIpc) is 2.53. The van der Waals surface area contributed by atoms with Crippen molar-refractivity contribution in [3.05, 3.63) is 30.5 Å². The van der Waals surface area contributed by atoms with Gasteiger partial charge >= 0.3 is 0 Å². The van der Waals surface area contributed by atoms with Crippen LogP contribution in [0, 0.1) is 0 Å². The minimum Gasteiger partial charge on any atom is -0.497 e. The first kappa shape index (κ1) is 13.2. The molecule has 1 N–H and O–H groups in total. The molecule has 2 heterocycles. The topological polar surface area (TPSA) is 37.4 Å². The Labute approximate surface area is 119 Å². The molecule has 4 heteroatoms. The molecule has 0 amide bonds. The summed E-state index contributed by atoms with van der Waals surface area (Å²) in [5.41, 5.74) is 0. The zero-order valence-electron chi connectivity index (χ0n) is 12.1. The fraction of sp³-hybridized carbons (Fsp3) is 0.438. The van der Waals surface area contributed by atoms with E-state index in [0.29, 0.717) is 6.04 Å². The van der Waals surface area contributed by atoms with E-state index in [0.717, 1.165) is 37.6 Å². The number of rotatable bonds is 3. The van der Waals surface area contributed by atoms with E-state index in [1.165, 1.54) is 10.8 Å². The summed E-state index contributed by atoms with van der Waals surface area (Å²) >= 11 is 0. The average molecular weight is 271 g/mol. The number of methoxy groups -OCH3 is 1. The Morgan fingerprint density at radius 1 is 1.40 bits per heavy atom. The SMILES string of the molecule is CCC1CNCCN1c1nccc2ccc(OC)cc12. The molecule has 20 heavy (non-hydrogen) atoms. The normalized spacial score (nSPS) is 19.3. The first-order valence-corrected chi connectivity index (χ1v) is 7.23. The third kappa shape index (κ3) is 2.31. The lowest BCUT2D eigenvalue weighted by Gasteiger charge is -2.37. The number of aromatic nitrogens is 1. The fourth-order valence-corrected chi connectivity index (χ4v) is 2.89. The van der Waals surface area contributed by atoms with Crippen LogP contribution in [-0.2, 0) is 0 Å². The van der Waals surface area contributed by atoms with Crippen LogP contribution in [0.3, 0.4) is 0 Å². The molecule has 0 bridgehead atoms. The van der Waals surface area contributed by atoms with Crippen LogP contribution < -0.4 is 15.0 Å². The van der Waals surface area contributed by atoms with Gasteiger partial charge in [0.25, 0.3) is 0 Å². The Morgan fingerprint density at radius 3 is 3.10 bits per heavy atom. The van der Waals surface area contributed by atoms with Gasteiger partial charge in [0.05, 0.1) is 7.11 Å². The van der Waals surface area contributed by atoms with Gasteiger partial charge in [0.15, 0.2) is 0 Å². The standard InChI is InChI=1S/C16H21N3O/c1-3-13-11-17-8-9-19(13)16-15-10-14(20-2)5-4-12(15)6-7-18-16/h4-7,10,13,17H,3,8-9,11H2,1-2H3. The van der Waals surface area contributed by atoms with Crippen molar-refractivity contribution in [3.63, 3.8) is 0 Å². The third-order valence-electron chi connectivity index (χ3n) is 4.05. The second kappa shape index (κ2) is 5.67. The largest absolute Gasteiger partial charge is 0.497 e. The number of nitrogens with one attached hydrogen (secondary N) is 1. The smallest absolute Gasteiger partial charge is 0.136 e. The highest BCUT2D eigenvalue weighted by molar-refractivity contribution is 5.93. The molecule has 4 nitrogen and oxygen atoms in total. The van der Waals surface area contributed by atoms with Gasteiger partial charge < -0.3 is 15.0 Å². The molecule has 1 aliphatic rings. The molecule has 1 atom stereocenters. The molecule has 1 aromatic heterocycles. The highest BCUT2D eigenvalue weighted by Crippen LogP contribution is 2.30. The number of fused-ring (bicyclic) bond motifs is 1. The molecule has 0 aliphatic carbocycles. The van der Waals surface area contributed by atoms with Crippen LogP contribution in [0.5, 0.6) is 5.75 Å². The summed E-state index contributed by atoms with van der Waals surface area (Å²) in [6, 6.07) is 8.75. The van der Waals surface area contributed by atoms with E-state index in [4.69, 9.17) is 4.74 Å². The van der Waals surface area contributed by atoms with Gasteiger partial charge in [0.2, 0.25) is 0 Å². The van der Waals surface area contributed by atoms with Crippen molar-refractivity contribution >= 4 is 16.6 Å².